The van der Waals surface area contributed by atoms with Gasteiger partial charge < -0.3 is 20.3 Å². The van der Waals surface area contributed by atoms with E-state index in [1.807, 2.05) is 54.6 Å². The van der Waals surface area contributed by atoms with E-state index >= 15 is 0 Å². The summed E-state index contributed by atoms with van der Waals surface area (Å²) in [6.45, 7) is 0.561. The van der Waals surface area contributed by atoms with Gasteiger partial charge in [-0.05, 0) is 29.8 Å². The third kappa shape index (κ3) is 4.57. The van der Waals surface area contributed by atoms with Crippen molar-refractivity contribution < 1.29 is 14.9 Å². The molecular formula is C16H19NO3. The molecule has 2 aromatic rings. The number of aliphatic hydroxyl groups excluding tert-OH is 2. The topological polar surface area (TPSA) is 61.7 Å². The summed E-state index contributed by atoms with van der Waals surface area (Å²) in [5.41, 5.74) is 1.93. The van der Waals surface area contributed by atoms with Crippen LogP contribution in [0.5, 0.6) is 5.75 Å². The van der Waals surface area contributed by atoms with Crippen LogP contribution in [0.2, 0.25) is 0 Å². The molecule has 0 aliphatic carbocycles. The van der Waals surface area contributed by atoms with Gasteiger partial charge in [-0.1, -0.05) is 30.3 Å². The van der Waals surface area contributed by atoms with Crippen LogP contribution < -0.4 is 10.1 Å². The van der Waals surface area contributed by atoms with Crippen molar-refractivity contribution in [2.75, 3.05) is 18.5 Å². The van der Waals surface area contributed by atoms with Gasteiger partial charge in [0, 0.05) is 12.2 Å². The maximum absolute atomic E-state index is 9.30. The fourth-order valence-corrected chi connectivity index (χ4v) is 1.75. The molecule has 0 aliphatic rings. The quantitative estimate of drug-likeness (QED) is 0.722. The van der Waals surface area contributed by atoms with Gasteiger partial charge in [0.15, 0.2) is 0 Å². The molecule has 20 heavy (non-hydrogen) atoms. The molecule has 4 nitrogen and oxygen atoms in total. The number of anilines is 1. The van der Waals surface area contributed by atoms with Gasteiger partial charge in [0.1, 0.15) is 12.4 Å². The van der Waals surface area contributed by atoms with E-state index in [1.54, 1.807) is 0 Å². The number of rotatable bonds is 7. The number of hydrogen-bond donors (Lipinski definition) is 3. The molecule has 0 amide bonds. The minimum absolute atomic E-state index is 0.246. The van der Waals surface area contributed by atoms with E-state index in [0.29, 0.717) is 13.2 Å². The van der Waals surface area contributed by atoms with Gasteiger partial charge in [0.05, 0.1) is 12.7 Å². The van der Waals surface area contributed by atoms with Gasteiger partial charge in [-0.15, -0.1) is 0 Å². The molecule has 0 heterocycles. The smallest absolute Gasteiger partial charge is 0.119 e. The first-order chi connectivity index (χ1) is 9.78. The Balaban J connectivity index is 1.89. The zero-order chi connectivity index (χ0) is 14.2. The van der Waals surface area contributed by atoms with Crippen LogP contribution in [0, 0.1) is 0 Å². The van der Waals surface area contributed by atoms with Crippen LogP contribution in [-0.2, 0) is 6.61 Å². The third-order valence-electron chi connectivity index (χ3n) is 2.83. The highest BCUT2D eigenvalue weighted by atomic mass is 16.5. The van der Waals surface area contributed by atoms with Crippen LogP contribution >= 0.6 is 0 Å². The van der Waals surface area contributed by atoms with Gasteiger partial charge >= 0.3 is 0 Å². The third-order valence-corrected chi connectivity index (χ3v) is 2.83. The molecule has 4 heteroatoms. The van der Waals surface area contributed by atoms with Crippen LogP contribution in [-0.4, -0.2) is 29.5 Å². The van der Waals surface area contributed by atoms with E-state index in [2.05, 4.69) is 5.32 Å². The normalized spacial score (nSPS) is 11.9. The molecule has 0 radical (unpaired) electrons. The van der Waals surface area contributed by atoms with Crippen molar-refractivity contribution >= 4 is 5.69 Å². The van der Waals surface area contributed by atoms with Gasteiger partial charge in [-0.2, -0.15) is 0 Å². The average molecular weight is 273 g/mol. The first-order valence-electron chi connectivity index (χ1n) is 6.57. The second kappa shape index (κ2) is 7.53. The highest BCUT2D eigenvalue weighted by molar-refractivity contribution is 5.45. The lowest BCUT2D eigenvalue weighted by molar-refractivity contribution is 0.105. The molecule has 0 aliphatic heterocycles. The molecule has 0 spiro atoms. The molecule has 0 saturated heterocycles. The second-order valence-electron chi connectivity index (χ2n) is 4.52. The van der Waals surface area contributed by atoms with E-state index in [4.69, 9.17) is 9.84 Å². The van der Waals surface area contributed by atoms with Crippen molar-refractivity contribution in [3.8, 4) is 5.75 Å². The predicted octanol–water partition coefficient (Wildman–Crippen LogP) is 2.03. The van der Waals surface area contributed by atoms with Crippen molar-refractivity contribution in [3.05, 3.63) is 60.2 Å². The highest BCUT2D eigenvalue weighted by Gasteiger charge is 2.02. The number of hydrogen-bond acceptors (Lipinski definition) is 4. The molecule has 0 saturated carbocycles. The fraction of sp³-hybridized carbons (Fsp3) is 0.250. The van der Waals surface area contributed by atoms with Crippen molar-refractivity contribution in [2.45, 2.75) is 12.7 Å². The van der Waals surface area contributed by atoms with Gasteiger partial charge in [0.25, 0.3) is 0 Å². The Morgan fingerprint density at radius 1 is 1.05 bits per heavy atom. The van der Waals surface area contributed by atoms with Gasteiger partial charge in [-0.25, -0.2) is 0 Å². The van der Waals surface area contributed by atoms with E-state index in [-0.39, 0.29) is 6.61 Å². The Morgan fingerprint density at radius 3 is 2.60 bits per heavy atom. The standard InChI is InChI=1S/C16H19NO3/c18-11-15(19)10-17-14-6-4-5-13(9-14)12-20-16-7-2-1-3-8-16/h1-9,15,17-19H,10-12H2. The summed E-state index contributed by atoms with van der Waals surface area (Å²) >= 11 is 0. The van der Waals surface area contributed by atoms with E-state index in [1.165, 1.54) is 0 Å². The monoisotopic (exact) mass is 273 g/mol. The van der Waals surface area contributed by atoms with E-state index in [0.717, 1.165) is 17.0 Å². The number of para-hydroxylation sites is 1. The molecular weight excluding hydrogens is 254 g/mol. The van der Waals surface area contributed by atoms with Gasteiger partial charge in [0.2, 0.25) is 0 Å². The lowest BCUT2D eigenvalue weighted by Crippen LogP contribution is -2.22. The second-order valence-corrected chi connectivity index (χ2v) is 4.52. The van der Waals surface area contributed by atoms with Crippen molar-refractivity contribution in [1.29, 1.82) is 0 Å². The Labute approximate surface area is 118 Å². The number of aliphatic hydroxyl groups is 2. The average Bonchev–Trinajstić information content (AvgIpc) is 2.52. The van der Waals surface area contributed by atoms with Crippen LogP contribution in [0.15, 0.2) is 54.6 Å². The maximum Gasteiger partial charge on any atom is 0.119 e. The summed E-state index contributed by atoms with van der Waals surface area (Å²) in [6.07, 6.45) is -0.751. The van der Waals surface area contributed by atoms with Crippen LogP contribution in [0.3, 0.4) is 0 Å². The van der Waals surface area contributed by atoms with Crippen molar-refractivity contribution in [1.82, 2.24) is 0 Å². The Hall–Kier alpha value is -2.04. The molecule has 0 aromatic heterocycles. The highest BCUT2D eigenvalue weighted by Crippen LogP contribution is 2.14. The fourth-order valence-electron chi connectivity index (χ4n) is 1.75. The maximum atomic E-state index is 9.30. The number of benzene rings is 2. The molecule has 0 bridgehead atoms. The van der Waals surface area contributed by atoms with Crippen LogP contribution in [0.25, 0.3) is 0 Å². The Morgan fingerprint density at radius 2 is 1.85 bits per heavy atom. The Bertz CT molecular complexity index is 516. The summed E-state index contributed by atoms with van der Waals surface area (Å²) in [6, 6.07) is 17.4. The molecule has 1 unspecified atom stereocenters. The largest absolute Gasteiger partial charge is 0.489 e. The summed E-state index contributed by atoms with van der Waals surface area (Å²) in [7, 11) is 0. The molecule has 2 rings (SSSR count). The molecule has 1 atom stereocenters. The van der Waals surface area contributed by atoms with Crippen LogP contribution in [0.1, 0.15) is 5.56 Å². The molecule has 0 fully saturated rings. The predicted molar refractivity (Wildman–Crippen MR) is 78.8 cm³/mol. The molecule has 3 N–H and O–H groups in total. The molecule has 106 valence electrons. The van der Waals surface area contributed by atoms with E-state index < -0.39 is 6.10 Å². The summed E-state index contributed by atoms with van der Waals surface area (Å²) in [5, 5.41) is 21.1. The zero-order valence-electron chi connectivity index (χ0n) is 11.2. The number of nitrogens with one attached hydrogen (secondary N) is 1. The first kappa shape index (κ1) is 14.4. The van der Waals surface area contributed by atoms with Crippen LogP contribution in [0.4, 0.5) is 5.69 Å². The summed E-state index contributed by atoms with van der Waals surface area (Å²) in [4.78, 5) is 0. The zero-order valence-corrected chi connectivity index (χ0v) is 11.2. The SMILES string of the molecule is OCC(O)CNc1cccc(COc2ccccc2)c1. The van der Waals surface area contributed by atoms with Crippen molar-refractivity contribution in [3.63, 3.8) is 0 Å². The summed E-state index contributed by atoms with van der Waals surface area (Å²) < 4.78 is 5.68. The van der Waals surface area contributed by atoms with E-state index in [9.17, 15) is 5.11 Å². The minimum Gasteiger partial charge on any atom is -0.489 e. The van der Waals surface area contributed by atoms with Gasteiger partial charge in [-0.3, -0.25) is 0 Å². The van der Waals surface area contributed by atoms with Crippen molar-refractivity contribution in [2.24, 2.45) is 0 Å². The first-order valence-corrected chi connectivity index (χ1v) is 6.57. The summed E-state index contributed by atoms with van der Waals surface area (Å²) in [5.74, 6) is 0.835. The minimum atomic E-state index is -0.751. The lowest BCUT2D eigenvalue weighted by Gasteiger charge is -2.12. The number of ether oxygens (including phenoxy) is 1. The Kier molecular flexibility index (Phi) is 5.41. The lowest BCUT2D eigenvalue weighted by atomic mass is 10.2. The molecule has 2 aromatic carbocycles.